The second-order valence-electron chi connectivity index (χ2n) is 5.03. The van der Waals surface area contributed by atoms with Crippen LogP contribution in [0.3, 0.4) is 0 Å². The van der Waals surface area contributed by atoms with Crippen molar-refractivity contribution in [3.05, 3.63) is 24.3 Å². The number of amides is 1. The number of carbonyl (C=O) groups excluding carboxylic acids is 1. The molecule has 21 heavy (non-hydrogen) atoms. The highest BCUT2D eigenvalue weighted by atomic mass is 32.2. The first kappa shape index (κ1) is 17.6. The average molecular weight is 309 g/mol. The third-order valence-corrected chi connectivity index (χ3v) is 4.63. The van der Waals surface area contributed by atoms with E-state index < -0.39 is 11.2 Å². The fourth-order valence-corrected chi connectivity index (χ4v) is 2.93. The van der Waals surface area contributed by atoms with E-state index in [-0.39, 0.29) is 11.8 Å². The standard InChI is InChI=1S/C16H23NO3S/c1-4-8-14(16(19)20)21-13-10-7-6-9-12(13)17-15(18)11(3)5-2/h6-7,9-11,14H,4-5,8H2,1-3H3,(H,17,18)(H,19,20)/t11-,14+/m1/s1. The summed E-state index contributed by atoms with van der Waals surface area (Å²) in [5.41, 5.74) is 0.690. The van der Waals surface area contributed by atoms with Gasteiger partial charge in [0.05, 0.1) is 5.69 Å². The van der Waals surface area contributed by atoms with Crippen LogP contribution in [0.4, 0.5) is 5.69 Å². The van der Waals surface area contributed by atoms with Crippen molar-refractivity contribution >= 4 is 29.3 Å². The monoisotopic (exact) mass is 309 g/mol. The molecular weight excluding hydrogens is 286 g/mol. The van der Waals surface area contributed by atoms with Gasteiger partial charge >= 0.3 is 5.97 Å². The van der Waals surface area contributed by atoms with E-state index in [0.29, 0.717) is 12.1 Å². The summed E-state index contributed by atoms with van der Waals surface area (Å²) in [5.74, 6) is -0.910. The largest absolute Gasteiger partial charge is 0.480 e. The van der Waals surface area contributed by atoms with Gasteiger partial charge in [0.2, 0.25) is 5.91 Å². The molecule has 1 aromatic carbocycles. The van der Waals surface area contributed by atoms with Crippen molar-refractivity contribution < 1.29 is 14.7 Å². The lowest BCUT2D eigenvalue weighted by Gasteiger charge is -2.16. The van der Waals surface area contributed by atoms with Crippen molar-refractivity contribution in [1.29, 1.82) is 0 Å². The zero-order valence-corrected chi connectivity index (χ0v) is 13.6. The van der Waals surface area contributed by atoms with Crippen molar-refractivity contribution in [3.63, 3.8) is 0 Å². The average Bonchev–Trinajstić information content (AvgIpc) is 2.47. The molecule has 2 N–H and O–H groups in total. The number of aliphatic carboxylic acids is 1. The molecule has 116 valence electrons. The van der Waals surface area contributed by atoms with Gasteiger partial charge in [-0.2, -0.15) is 0 Å². The summed E-state index contributed by atoms with van der Waals surface area (Å²) in [5, 5.41) is 11.7. The molecular formula is C16H23NO3S. The Balaban J connectivity index is 2.88. The van der Waals surface area contributed by atoms with Crippen molar-refractivity contribution in [1.82, 2.24) is 0 Å². The second kappa shape index (κ2) is 8.72. The molecule has 0 saturated heterocycles. The van der Waals surface area contributed by atoms with Gasteiger partial charge in [-0.1, -0.05) is 39.3 Å². The van der Waals surface area contributed by atoms with E-state index in [4.69, 9.17) is 0 Å². The summed E-state index contributed by atoms with van der Waals surface area (Å²) in [4.78, 5) is 24.1. The highest BCUT2D eigenvalue weighted by Gasteiger charge is 2.20. The van der Waals surface area contributed by atoms with Gasteiger partial charge in [-0.3, -0.25) is 9.59 Å². The summed E-state index contributed by atoms with van der Waals surface area (Å²) >= 11 is 1.30. The van der Waals surface area contributed by atoms with E-state index in [9.17, 15) is 14.7 Å². The van der Waals surface area contributed by atoms with Gasteiger partial charge in [0, 0.05) is 10.8 Å². The van der Waals surface area contributed by atoms with Crippen molar-refractivity contribution in [2.45, 2.75) is 50.2 Å². The number of anilines is 1. The molecule has 1 aromatic rings. The first-order valence-corrected chi connectivity index (χ1v) is 8.16. The summed E-state index contributed by atoms with van der Waals surface area (Å²) < 4.78 is 0. The predicted molar refractivity (Wildman–Crippen MR) is 86.7 cm³/mol. The van der Waals surface area contributed by atoms with Gasteiger partial charge in [0.15, 0.2) is 0 Å². The Bertz CT molecular complexity index is 490. The predicted octanol–water partition coefficient (Wildman–Crippen LogP) is 4.02. The van der Waals surface area contributed by atoms with E-state index in [1.54, 1.807) is 0 Å². The third-order valence-electron chi connectivity index (χ3n) is 3.30. The molecule has 1 amide bonds. The molecule has 2 atom stereocenters. The van der Waals surface area contributed by atoms with Crippen LogP contribution in [0.1, 0.15) is 40.0 Å². The number of carboxylic acids is 1. The maximum atomic E-state index is 12.0. The first-order valence-electron chi connectivity index (χ1n) is 7.28. The van der Waals surface area contributed by atoms with E-state index in [0.717, 1.165) is 17.7 Å². The summed E-state index contributed by atoms with van der Waals surface area (Å²) in [6.45, 7) is 5.81. The van der Waals surface area contributed by atoms with Crippen LogP contribution >= 0.6 is 11.8 Å². The summed E-state index contributed by atoms with van der Waals surface area (Å²) in [6.07, 6.45) is 2.19. The Kier molecular flexibility index (Phi) is 7.29. The molecule has 0 bridgehead atoms. The zero-order valence-electron chi connectivity index (χ0n) is 12.8. The molecule has 0 saturated carbocycles. The molecule has 0 heterocycles. The number of hydrogen-bond acceptors (Lipinski definition) is 3. The molecule has 5 heteroatoms. The topological polar surface area (TPSA) is 66.4 Å². The molecule has 1 rings (SSSR count). The highest BCUT2D eigenvalue weighted by Crippen LogP contribution is 2.32. The zero-order chi connectivity index (χ0) is 15.8. The normalized spacial score (nSPS) is 13.5. The number of benzene rings is 1. The second-order valence-corrected chi connectivity index (χ2v) is 6.27. The molecule has 0 unspecified atom stereocenters. The van der Waals surface area contributed by atoms with E-state index >= 15 is 0 Å². The minimum absolute atomic E-state index is 0.0343. The van der Waals surface area contributed by atoms with Gasteiger partial charge in [0.25, 0.3) is 0 Å². The molecule has 0 aliphatic heterocycles. The van der Waals surface area contributed by atoms with Gasteiger partial charge in [-0.05, 0) is 25.0 Å². The number of carboxylic acid groups (broad SMARTS) is 1. The molecule has 4 nitrogen and oxygen atoms in total. The molecule has 0 aromatic heterocycles. The Hall–Kier alpha value is -1.49. The van der Waals surface area contributed by atoms with Gasteiger partial charge < -0.3 is 10.4 Å². The Morgan fingerprint density at radius 3 is 2.52 bits per heavy atom. The lowest BCUT2D eigenvalue weighted by molar-refractivity contribution is -0.136. The maximum absolute atomic E-state index is 12.0. The van der Waals surface area contributed by atoms with Crippen molar-refractivity contribution in [2.75, 3.05) is 5.32 Å². The van der Waals surface area contributed by atoms with Crippen LogP contribution in [0.25, 0.3) is 0 Å². The number of thioether (sulfide) groups is 1. The Morgan fingerprint density at radius 1 is 1.29 bits per heavy atom. The maximum Gasteiger partial charge on any atom is 0.316 e. The number of nitrogens with one attached hydrogen (secondary N) is 1. The molecule has 0 fully saturated rings. The fraction of sp³-hybridized carbons (Fsp3) is 0.500. The first-order chi connectivity index (χ1) is 9.99. The molecule has 0 spiro atoms. The van der Waals surface area contributed by atoms with Crippen LogP contribution in [-0.4, -0.2) is 22.2 Å². The molecule has 0 aliphatic rings. The van der Waals surface area contributed by atoms with Crippen LogP contribution < -0.4 is 5.32 Å². The summed E-state index contributed by atoms with van der Waals surface area (Å²) in [6, 6.07) is 7.36. The Morgan fingerprint density at radius 2 is 1.95 bits per heavy atom. The van der Waals surface area contributed by atoms with E-state index in [1.807, 2.05) is 45.0 Å². The van der Waals surface area contributed by atoms with Crippen LogP contribution in [-0.2, 0) is 9.59 Å². The van der Waals surface area contributed by atoms with Gasteiger partial charge in [0.1, 0.15) is 5.25 Å². The Labute approximate surface area is 130 Å². The SMILES string of the molecule is CCC[C@H](Sc1ccccc1NC(=O)[C@H](C)CC)C(=O)O. The van der Waals surface area contributed by atoms with Crippen LogP contribution in [0, 0.1) is 5.92 Å². The molecule has 0 aliphatic carbocycles. The van der Waals surface area contributed by atoms with Crippen molar-refractivity contribution in [2.24, 2.45) is 5.92 Å². The quantitative estimate of drug-likeness (QED) is 0.712. The van der Waals surface area contributed by atoms with Crippen LogP contribution in [0.15, 0.2) is 29.2 Å². The van der Waals surface area contributed by atoms with E-state index in [1.165, 1.54) is 11.8 Å². The number of rotatable bonds is 8. The minimum atomic E-state index is -0.815. The molecule has 0 radical (unpaired) electrons. The third kappa shape index (κ3) is 5.42. The number of carbonyl (C=O) groups is 2. The fourth-order valence-electron chi connectivity index (χ4n) is 1.76. The van der Waals surface area contributed by atoms with E-state index in [2.05, 4.69) is 5.32 Å². The smallest absolute Gasteiger partial charge is 0.316 e. The highest BCUT2D eigenvalue weighted by molar-refractivity contribution is 8.00. The summed E-state index contributed by atoms with van der Waals surface area (Å²) in [7, 11) is 0. The van der Waals surface area contributed by atoms with Crippen LogP contribution in [0.2, 0.25) is 0 Å². The number of para-hydroxylation sites is 1. The van der Waals surface area contributed by atoms with Crippen LogP contribution in [0.5, 0.6) is 0 Å². The van der Waals surface area contributed by atoms with Crippen molar-refractivity contribution in [3.8, 4) is 0 Å². The number of hydrogen-bond donors (Lipinski definition) is 2. The van der Waals surface area contributed by atoms with Gasteiger partial charge in [-0.25, -0.2) is 0 Å². The minimum Gasteiger partial charge on any atom is -0.480 e. The lowest BCUT2D eigenvalue weighted by Crippen LogP contribution is -2.20. The lowest BCUT2D eigenvalue weighted by atomic mass is 10.1. The van der Waals surface area contributed by atoms with Gasteiger partial charge in [-0.15, -0.1) is 11.8 Å².